The summed E-state index contributed by atoms with van der Waals surface area (Å²) in [5.41, 5.74) is 12.2. The first-order valence-electron chi connectivity index (χ1n) is 34.3. The van der Waals surface area contributed by atoms with E-state index in [0.29, 0.717) is 50.8 Å². The average molecular weight is 1380 g/mol. The number of carboxylic acids is 1. The predicted molar refractivity (Wildman–Crippen MR) is 366 cm³/mol. The maximum Gasteiger partial charge on any atom is 0.303 e. The third kappa shape index (κ3) is 45.9. The molecule has 27 nitrogen and oxygen atoms in total. The zero-order valence-electron chi connectivity index (χ0n) is 56.4. The highest BCUT2D eigenvalue weighted by molar-refractivity contribution is 8.76. The van der Waals surface area contributed by atoms with Gasteiger partial charge in [-0.1, -0.05) is 149 Å². The van der Waals surface area contributed by atoms with Gasteiger partial charge in [0.05, 0.1) is 46.2 Å². The zero-order chi connectivity index (χ0) is 69.5. The monoisotopic (exact) mass is 1380 g/mol. The highest BCUT2D eigenvalue weighted by atomic mass is 33.1. The van der Waals surface area contributed by atoms with Crippen molar-refractivity contribution in [3.8, 4) is 0 Å². The molecule has 1 aromatic carbocycles. The van der Waals surface area contributed by atoms with E-state index in [0.717, 1.165) is 50.5 Å². The Labute approximate surface area is 570 Å². The summed E-state index contributed by atoms with van der Waals surface area (Å²) in [6.07, 6.45) is 18.9. The van der Waals surface area contributed by atoms with Crippen LogP contribution in [0, 0.1) is 5.92 Å². The number of benzene rings is 1. The van der Waals surface area contributed by atoms with E-state index in [4.69, 9.17) is 35.5 Å². The van der Waals surface area contributed by atoms with Crippen molar-refractivity contribution in [3.05, 3.63) is 35.9 Å². The molecule has 1 heterocycles. The molecule has 0 unspecified atom stereocenters. The minimum Gasteiger partial charge on any atom is -0.481 e. The summed E-state index contributed by atoms with van der Waals surface area (Å²) in [7, 11) is 2.53. The molecule has 0 saturated carbocycles. The van der Waals surface area contributed by atoms with Crippen molar-refractivity contribution in [2.75, 3.05) is 97.1 Å². The smallest absolute Gasteiger partial charge is 0.303 e. The van der Waals surface area contributed by atoms with E-state index in [1.165, 1.54) is 66.5 Å². The molecule has 1 aliphatic rings. The molecule has 0 bridgehead atoms. The van der Waals surface area contributed by atoms with Gasteiger partial charge in [-0.3, -0.25) is 52.7 Å². The van der Waals surface area contributed by atoms with Gasteiger partial charge in [-0.25, -0.2) is 0 Å². The SMILES string of the molecule is CC[C@H](C)[C@@H]1NC(=O)CCSSC[C@@H](C(N)=O)NC(=O)[C@@H](CCCCN)NC(=O)C[C@H](Cc2ccccc2)NC(=O)[C@H](CCCCNC(=O)COCCOCCNC(=O)COCCOCCNC(=O)CNC(=O)CCCCCCCCCCCCCCCCC(=O)O)NC1=O. The van der Waals surface area contributed by atoms with Crippen LogP contribution >= 0.6 is 21.6 Å². The standard InChI is InChI=1S/C66H113N11O16S2/c1-3-49(2)62-66(89)75-53(64(87)73-51(43-50-25-17-16-18-26-50)44-57(80)74-52(27-21-23-32-67)65(88)76-54(63(68)86)48-95-94-42-31-56(79)77-62)28-22-24-33-69-59(82)46-92-40-39-91-37-35-71-60(83)47-93-41-38-90-36-34-70-58(81)45-72-55(78)29-19-14-12-10-8-6-4-5-7-9-11-13-15-20-30-61(84)85/h16-18,25-26,49,51-54,62H,3-15,19-24,27-48,67H2,1-2H3,(H2,68,86)(H,69,82)(H,70,81)(H,71,83)(H,72,78)(H,73,87)(H,74,80)(H,75,89)(H,76,88)(H,77,79)(H,84,85)/t49-,51-,52+,53-,54-,62-/m0/s1. The van der Waals surface area contributed by atoms with Gasteiger partial charge in [0.15, 0.2) is 0 Å². The summed E-state index contributed by atoms with van der Waals surface area (Å²) in [4.78, 5) is 141. The van der Waals surface area contributed by atoms with Crippen LogP contribution in [0.1, 0.15) is 180 Å². The van der Waals surface area contributed by atoms with Gasteiger partial charge in [0, 0.05) is 62.9 Å². The molecule has 2 rings (SSSR count). The molecule has 29 heteroatoms. The summed E-state index contributed by atoms with van der Waals surface area (Å²) in [5.74, 6) is -5.26. The molecular formula is C66H113N11O16S2. The van der Waals surface area contributed by atoms with E-state index in [2.05, 4.69) is 47.9 Å². The molecule has 0 aromatic heterocycles. The Morgan fingerprint density at radius 2 is 1.08 bits per heavy atom. The average Bonchev–Trinajstić information content (AvgIpc) is 1.22. The third-order valence-electron chi connectivity index (χ3n) is 15.6. The van der Waals surface area contributed by atoms with E-state index < -0.39 is 71.6 Å². The minimum absolute atomic E-state index is 0.0306. The van der Waals surface area contributed by atoms with E-state index in [1.54, 1.807) is 0 Å². The number of hydrogen-bond acceptors (Lipinski definition) is 18. The number of amides is 10. The quantitative estimate of drug-likeness (QED) is 0.0328. The second-order valence-corrected chi connectivity index (χ2v) is 26.4. The Morgan fingerprint density at radius 3 is 1.65 bits per heavy atom. The van der Waals surface area contributed by atoms with Crippen LogP contribution in [0.2, 0.25) is 0 Å². The summed E-state index contributed by atoms with van der Waals surface area (Å²) in [5, 5.41) is 33.7. The minimum atomic E-state index is -1.11. The van der Waals surface area contributed by atoms with Crippen LogP contribution in [0.5, 0.6) is 0 Å². The van der Waals surface area contributed by atoms with Crippen molar-refractivity contribution in [3.63, 3.8) is 0 Å². The lowest BCUT2D eigenvalue weighted by molar-refractivity contribution is -0.137. The Hall–Kier alpha value is -6.11. The topological polar surface area (TPSA) is 405 Å². The van der Waals surface area contributed by atoms with Gasteiger partial charge >= 0.3 is 5.97 Å². The van der Waals surface area contributed by atoms with Crippen molar-refractivity contribution < 1.29 is 76.8 Å². The molecule has 10 amide bonds. The summed E-state index contributed by atoms with van der Waals surface area (Å²) < 4.78 is 21.8. The number of nitrogens with one attached hydrogen (secondary N) is 9. The van der Waals surface area contributed by atoms with E-state index >= 15 is 0 Å². The van der Waals surface area contributed by atoms with Crippen molar-refractivity contribution in [1.29, 1.82) is 0 Å². The van der Waals surface area contributed by atoms with Gasteiger partial charge in [-0.05, 0) is 75.8 Å². The molecule has 540 valence electrons. The first kappa shape index (κ1) is 85.0. The second-order valence-electron chi connectivity index (χ2n) is 23.8. The lowest BCUT2D eigenvalue weighted by atomic mass is 9.97. The predicted octanol–water partition coefficient (Wildman–Crippen LogP) is 3.52. The first-order valence-corrected chi connectivity index (χ1v) is 36.8. The molecule has 1 fully saturated rings. The molecule has 6 atom stereocenters. The van der Waals surface area contributed by atoms with Crippen LogP contribution in [-0.2, 0) is 78.1 Å². The molecule has 0 spiro atoms. The molecule has 0 aliphatic carbocycles. The number of carboxylic acid groups (broad SMARTS) is 1. The van der Waals surface area contributed by atoms with Crippen molar-refractivity contribution in [2.45, 2.75) is 211 Å². The van der Waals surface area contributed by atoms with Gasteiger partial charge in [0.1, 0.15) is 37.4 Å². The largest absolute Gasteiger partial charge is 0.481 e. The van der Waals surface area contributed by atoms with Gasteiger partial charge in [0.25, 0.3) is 0 Å². The zero-order valence-corrected chi connectivity index (χ0v) is 58.0. The maximum atomic E-state index is 14.4. The Morgan fingerprint density at radius 1 is 0.558 bits per heavy atom. The number of ether oxygens (including phenoxy) is 4. The van der Waals surface area contributed by atoms with Crippen LogP contribution in [0.3, 0.4) is 0 Å². The maximum absolute atomic E-state index is 14.4. The second kappa shape index (κ2) is 56.0. The fraction of sp³-hybridized carbons (Fsp3) is 0.742. The Kier molecular flexibility index (Phi) is 50.1. The molecule has 1 aromatic rings. The van der Waals surface area contributed by atoms with E-state index in [9.17, 15) is 52.7 Å². The summed E-state index contributed by atoms with van der Waals surface area (Å²) in [6, 6.07) is 4.15. The van der Waals surface area contributed by atoms with Crippen molar-refractivity contribution >= 4 is 86.6 Å². The molecular weight excluding hydrogens is 1270 g/mol. The number of aliphatic carboxylic acids is 1. The lowest BCUT2D eigenvalue weighted by Gasteiger charge is -2.28. The fourth-order valence-corrected chi connectivity index (χ4v) is 12.1. The number of primary amides is 1. The van der Waals surface area contributed by atoms with E-state index in [-0.39, 0.29) is 153 Å². The number of carbonyl (C=O) groups is 11. The Balaban J connectivity index is 1.69. The molecule has 0 radical (unpaired) electrons. The number of nitrogens with two attached hydrogens (primary N) is 2. The van der Waals surface area contributed by atoms with Crippen LogP contribution < -0.4 is 59.3 Å². The number of rotatable bonds is 49. The molecule has 1 aliphatic heterocycles. The van der Waals surface area contributed by atoms with Crippen LogP contribution in [-0.4, -0.2) is 197 Å². The third-order valence-corrected chi connectivity index (χ3v) is 18.0. The molecule has 95 heavy (non-hydrogen) atoms. The van der Waals surface area contributed by atoms with Crippen LogP contribution in [0.25, 0.3) is 0 Å². The van der Waals surface area contributed by atoms with Crippen LogP contribution in [0.4, 0.5) is 0 Å². The van der Waals surface area contributed by atoms with Crippen LogP contribution in [0.15, 0.2) is 30.3 Å². The Bertz CT molecular complexity index is 2370. The first-order chi connectivity index (χ1) is 45.9. The summed E-state index contributed by atoms with van der Waals surface area (Å²) in [6.45, 7) is 5.30. The molecule has 1 saturated heterocycles. The van der Waals surface area contributed by atoms with Gasteiger partial charge < -0.3 is 83.4 Å². The van der Waals surface area contributed by atoms with Crippen molar-refractivity contribution in [1.82, 2.24) is 47.9 Å². The number of unbranched alkanes of at least 4 members (excludes halogenated alkanes) is 15. The number of carbonyl (C=O) groups excluding carboxylic acids is 10. The van der Waals surface area contributed by atoms with Gasteiger partial charge in [0.2, 0.25) is 59.1 Å². The lowest BCUT2D eigenvalue weighted by Crippen LogP contribution is -2.57. The van der Waals surface area contributed by atoms with Crippen molar-refractivity contribution in [2.24, 2.45) is 17.4 Å². The highest BCUT2D eigenvalue weighted by Gasteiger charge is 2.32. The fourth-order valence-electron chi connectivity index (χ4n) is 9.98. The van der Waals surface area contributed by atoms with Gasteiger partial charge in [-0.2, -0.15) is 0 Å². The summed E-state index contributed by atoms with van der Waals surface area (Å²) >= 11 is 0. The normalized spacial score (nSPS) is 18.1. The van der Waals surface area contributed by atoms with Gasteiger partial charge in [-0.15, -0.1) is 0 Å². The number of hydrogen-bond donors (Lipinski definition) is 12. The van der Waals surface area contributed by atoms with E-state index in [1.807, 2.05) is 44.2 Å². The molecule has 14 N–H and O–H groups in total. The highest BCUT2D eigenvalue weighted by Crippen LogP contribution is 2.23.